The Morgan fingerprint density at radius 1 is 1.10 bits per heavy atom. The molecule has 0 radical (unpaired) electrons. The van der Waals surface area contributed by atoms with Gasteiger partial charge in [0.1, 0.15) is 0 Å². The second kappa shape index (κ2) is 4.93. The molecule has 0 bridgehead atoms. The third-order valence-electron chi connectivity index (χ3n) is 2.80. The number of carbonyl (C=O) groups excluding carboxylic acids is 1. The summed E-state index contributed by atoms with van der Waals surface area (Å²) in [5.74, 6) is -0.156. The molecule has 0 aliphatic heterocycles. The van der Waals surface area contributed by atoms with Gasteiger partial charge >= 0.3 is 0 Å². The number of anilines is 2. The van der Waals surface area contributed by atoms with Gasteiger partial charge in [0, 0.05) is 29.7 Å². The molecule has 0 aliphatic rings. The molecule has 3 aromatic rings. The van der Waals surface area contributed by atoms with Gasteiger partial charge in [0.2, 0.25) is 5.95 Å². The number of nitrogens with two attached hydrogens (primary N) is 1. The van der Waals surface area contributed by atoms with Crippen LogP contribution in [-0.2, 0) is 0 Å². The first-order valence-corrected chi connectivity index (χ1v) is 5.96. The fraction of sp³-hybridized carbons (Fsp3) is 0. The lowest BCUT2D eigenvalue weighted by Crippen LogP contribution is -2.12. The van der Waals surface area contributed by atoms with E-state index < -0.39 is 5.91 Å². The first kappa shape index (κ1) is 12.0. The first-order chi connectivity index (χ1) is 9.72. The maximum Gasteiger partial charge on any atom is 0.251 e. The molecule has 0 unspecified atom stereocenters. The lowest BCUT2D eigenvalue weighted by atomic mass is 10.2. The molecule has 6 nitrogen and oxygen atoms in total. The quantitative estimate of drug-likeness (QED) is 0.754. The number of aromatic nitrogens is 3. The van der Waals surface area contributed by atoms with Gasteiger partial charge in [-0.2, -0.15) is 0 Å². The number of pyridine rings is 1. The van der Waals surface area contributed by atoms with Crippen molar-refractivity contribution in [1.82, 2.24) is 15.0 Å². The SMILES string of the molecule is NC(=O)c1cnc(Nc2ccc3cccnc3c2)nc1. The highest BCUT2D eigenvalue weighted by molar-refractivity contribution is 5.92. The van der Waals surface area contributed by atoms with Crippen LogP contribution in [0.3, 0.4) is 0 Å². The summed E-state index contributed by atoms with van der Waals surface area (Å²) in [6.07, 6.45) is 4.51. The Hall–Kier alpha value is -3.02. The van der Waals surface area contributed by atoms with Gasteiger partial charge in [-0.25, -0.2) is 9.97 Å². The summed E-state index contributed by atoms with van der Waals surface area (Å²) < 4.78 is 0. The molecule has 2 aromatic heterocycles. The standard InChI is InChI=1S/C14H11N5O/c15-13(20)10-7-17-14(18-8-10)19-11-4-3-9-2-1-5-16-12(9)6-11/h1-8H,(H2,15,20)(H,17,18,19). The molecule has 98 valence electrons. The number of benzene rings is 1. The topological polar surface area (TPSA) is 93.8 Å². The van der Waals surface area contributed by atoms with Gasteiger partial charge in [-0.05, 0) is 18.2 Å². The first-order valence-electron chi connectivity index (χ1n) is 5.96. The molecule has 0 saturated carbocycles. The number of hydrogen-bond acceptors (Lipinski definition) is 5. The minimum atomic E-state index is -0.550. The molecule has 1 aromatic carbocycles. The van der Waals surface area contributed by atoms with Crippen LogP contribution in [0, 0.1) is 0 Å². The monoisotopic (exact) mass is 265 g/mol. The van der Waals surface area contributed by atoms with Crippen LogP contribution in [0.25, 0.3) is 10.9 Å². The van der Waals surface area contributed by atoms with Crippen molar-refractivity contribution in [3.63, 3.8) is 0 Å². The molecule has 0 aliphatic carbocycles. The lowest BCUT2D eigenvalue weighted by molar-refractivity contribution is 0.0999. The van der Waals surface area contributed by atoms with Gasteiger partial charge in [-0.1, -0.05) is 12.1 Å². The van der Waals surface area contributed by atoms with Crippen molar-refractivity contribution < 1.29 is 4.79 Å². The van der Waals surface area contributed by atoms with Gasteiger partial charge < -0.3 is 11.1 Å². The van der Waals surface area contributed by atoms with Crippen molar-refractivity contribution in [3.8, 4) is 0 Å². The fourth-order valence-electron chi connectivity index (χ4n) is 1.79. The summed E-state index contributed by atoms with van der Waals surface area (Å²) in [6.45, 7) is 0. The second-order valence-electron chi connectivity index (χ2n) is 4.20. The summed E-state index contributed by atoms with van der Waals surface area (Å²) in [7, 11) is 0. The number of primary amides is 1. The van der Waals surface area contributed by atoms with Crippen LogP contribution in [0.4, 0.5) is 11.6 Å². The highest BCUT2D eigenvalue weighted by Crippen LogP contribution is 2.19. The van der Waals surface area contributed by atoms with E-state index in [2.05, 4.69) is 20.3 Å². The number of nitrogens with zero attached hydrogens (tertiary/aromatic N) is 3. The van der Waals surface area contributed by atoms with Crippen LogP contribution in [-0.4, -0.2) is 20.9 Å². The zero-order chi connectivity index (χ0) is 13.9. The van der Waals surface area contributed by atoms with Gasteiger partial charge in [-0.3, -0.25) is 9.78 Å². The molecular formula is C14H11N5O. The Bertz CT molecular complexity index is 770. The zero-order valence-electron chi connectivity index (χ0n) is 10.4. The average Bonchev–Trinajstić information content (AvgIpc) is 2.48. The van der Waals surface area contributed by atoms with Crippen molar-refractivity contribution in [2.75, 3.05) is 5.32 Å². The lowest BCUT2D eigenvalue weighted by Gasteiger charge is -2.05. The normalized spacial score (nSPS) is 10.4. The molecule has 3 rings (SSSR count). The maximum atomic E-state index is 10.9. The highest BCUT2D eigenvalue weighted by atomic mass is 16.1. The van der Waals surface area contributed by atoms with Crippen molar-refractivity contribution in [2.45, 2.75) is 0 Å². The predicted octanol–water partition coefficient (Wildman–Crippen LogP) is 1.87. The highest BCUT2D eigenvalue weighted by Gasteiger charge is 2.03. The molecule has 2 heterocycles. The van der Waals surface area contributed by atoms with Crippen molar-refractivity contribution >= 4 is 28.4 Å². The number of hydrogen-bond donors (Lipinski definition) is 2. The van der Waals surface area contributed by atoms with Gasteiger partial charge in [0.05, 0.1) is 11.1 Å². The average molecular weight is 265 g/mol. The molecule has 20 heavy (non-hydrogen) atoms. The van der Waals surface area contributed by atoms with E-state index in [1.54, 1.807) is 6.20 Å². The number of nitrogens with one attached hydrogen (secondary N) is 1. The van der Waals surface area contributed by atoms with Gasteiger partial charge in [0.15, 0.2) is 0 Å². The number of fused-ring (bicyclic) bond motifs is 1. The van der Waals surface area contributed by atoms with Gasteiger partial charge in [0.25, 0.3) is 5.91 Å². The Labute approximate surface area is 114 Å². The van der Waals surface area contributed by atoms with Crippen molar-refractivity contribution in [3.05, 3.63) is 54.5 Å². The Morgan fingerprint density at radius 3 is 2.65 bits per heavy atom. The van der Waals surface area contributed by atoms with Crippen LogP contribution in [0.1, 0.15) is 10.4 Å². The summed E-state index contributed by atoms with van der Waals surface area (Å²) >= 11 is 0. The summed E-state index contributed by atoms with van der Waals surface area (Å²) in [5.41, 5.74) is 7.11. The van der Waals surface area contributed by atoms with Crippen LogP contribution in [0.5, 0.6) is 0 Å². The fourth-order valence-corrected chi connectivity index (χ4v) is 1.79. The Balaban J connectivity index is 1.87. The van der Waals surface area contributed by atoms with Crippen LogP contribution in [0.15, 0.2) is 48.9 Å². The van der Waals surface area contributed by atoms with Crippen LogP contribution in [0.2, 0.25) is 0 Å². The molecule has 0 spiro atoms. The summed E-state index contributed by atoms with van der Waals surface area (Å²) in [6, 6.07) is 9.66. The smallest absolute Gasteiger partial charge is 0.251 e. The molecule has 3 N–H and O–H groups in total. The molecular weight excluding hydrogens is 254 g/mol. The predicted molar refractivity (Wildman–Crippen MR) is 75.6 cm³/mol. The third-order valence-corrected chi connectivity index (χ3v) is 2.80. The minimum Gasteiger partial charge on any atom is -0.366 e. The van der Waals surface area contributed by atoms with Crippen LogP contribution < -0.4 is 11.1 Å². The largest absolute Gasteiger partial charge is 0.366 e. The van der Waals surface area contributed by atoms with E-state index in [-0.39, 0.29) is 5.56 Å². The molecule has 0 fully saturated rings. The van der Waals surface area contributed by atoms with E-state index in [4.69, 9.17) is 5.73 Å². The number of rotatable bonds is 3. The number of carbonyl (C=O) groups is 1. The Kier molecular flexibility index (Phi) is 2.96. The van der Waals surface area contributed by atoms with Crippen molar-refractivity contribution in [2.24, 2.45) is 5.73 Å². The maximum absolute atomic E-state index is 10.9. The van der Waals surface area contributed by atoms with E-state index in [0.717, 1.165) is 16.6 Å². The van der Waals surface area contributed by atoms with Gasteiger partial charge in [-0.15, -0.1) is 0 Å². The van der Waals surface area contributed by atoms with Crippen molar-refractivity contribution in [1.29, 1.82) is 0 Å². The third kappa shape index (κ3) is 2.39. The second-order valence-corrected chi connectivity index (χ2v) is 4.20. The number of amides is 1. The van der Waals surface area contributed by atoms with E-state index >= 15 is 0 Å². The minimum absolute atomic E-state index is 0.274. The van der Waals surface area contributed by atoms with E-state index in [1.165, 1.54) is 12.4 Å². The molecule has 0 atom stereocenters. The Morgan fingerprint density at radius 2 is 1.90 bits per heavy atom. The molecule has 6 heteroatoms. The summed E-state index contributed by atoms with van der Waals surface area (Å²) in [4.78, 5) is 23.3. The van der Waals surface area contributed by atoms with E-state index in [1.807, 2.05) is 30.3 Å². The van der Waals surface area contributed by atoms with Crippen LogP contribution >= 0.6 is 0 Å². The molecule has 0 saturated heterocycles. The van der Waals surface area contributed by atoms with E-state index in [9.17, 15) is 4.79 Å². The zero-order valence-corrected chi connectivity index (χ0v) is 10.4. The van der Waals surface area contributed by atoms with E-state index in [0.29, 0.717) is 5.95 Å². The summed E-state index contributed by atoms with van der Waals surface area (Å²) in [5, 5.41) is 4.11. The molecule has 1 amide bonds.